The highest BCUT2D eigenvalue weighted by Crippen LogP contribution is 2.41. The summed E-state index contributed by atoms with van der Waals surface area (Å²) in [6.07, 6.45) is 3.77. The van der Waals surface area contributed by atoms with Crippen molar-refractivity contribution in [3.05, 3.63) is 89.1 Å². The van der Waals surface area contributed by atoms with Gasteiger partial charge in [-0.3, -0.25) is 9.69 Å². The Balaban J connectivity index is 1.25. The second-order valence-corrected chi connectivity index (χ2v) is 9.85. The number of carbonyl (C=O) groups is 1. The van der Waals surface area contributed by atoms with Crippen LogP contribution in [0.3, 0.4) is 0 Å². The summed E-state index contributed by atoms with van der Waals surface area (Å²) >= 11 is 0. The van der Waals surface area contributed by atoms with Crippen LogP contribution in [0.15, 0.2) is 66.6 Å². The normalized spacial score (nSPS) is 16.6. The molecule has 4 aromatic rings. The Labute approximate surface area is 226 Å². The van der Waals surface area contributed by atoms with Crippen molar-refractivity contribution in [2.24, 2.45) is 0 Å². The highest BCUT2D eigenvalue weighted by molar-refractivity contribution is 6.15. The smallest absolute Gasteiger partial charge is 0.231 e. The lowest BCUT2D eigenvalue weighted by atomic mass is 10.0. The molecule has 0 spiro atoms. The van der Waals surface area contributed by atoms with Gasteiger partial charge in [-0.25, -0.2) is 4.39 Å². The molecule has 0 radical (unpaired) electrons. The Kier molecular flexibility index (Phi) is 6.48. The van der Waals surface area contributed by atoms with E-state index in [1.165, 1.54) is 6.07 Å². The van der Waals surface area contributed by atoms with Crippen LogP contribution < -0.4 is 14.4 Å². The molecule has 2 aliphatic heterocycles. The van der Waals surface area contributed by atoms with E-state index in [0.717, 1.165) is 28.8 Å². The van der Waals surface area contributed by atoms with Crippen molar-refractivity contribution in [2.75, 3.05) is 38.2 Å². The van der Waals surface area contributed by atoms with Gasteiger partial charge in [0, 0.05) is 61.9 Å². The standard InChI is InChI=1S/C31H30FN3O4/c1-3-34-18-20(23-17-21(38-2)8-10-26(23)34)16-29-30(37)22-9-11-28(36)24(31(22)39-29)19-33-12-14-35(15-13-33)27-7-5-4-6-25(27)32/h4-11,16-18,36H,3,12-15,19H2,1-2H3/b29-16+. The van der Waals surface area contributed by atoms with Crippen LogP contribution in [0.5, 0.6) is 17.2 Å². The van der Waals surface area contributed by atoms with E-state index < -0.39 is 0 Å². The average molecular weight is 528 g/mol. The summed E-state index contributed by atoms with van der Waals surface area (Å²) in [6.45, 7) is 5.97. The number of hydrogen-bond acceptors (Lipinski definition) is 6. The minimum atomic E-state index is -0.226. The number of rotatable bonds is 6. The number of fused-ring (bicyclic) bond motifs is 2. The molecular formula is C31H30FN3O4. The quantitative estimate of drug-likeness (QED) is 0.336. The molecule has 8 heteroatoms. The van der Waals surface area contributed by atoms with Gasteiger partial charge in [0.1, 0.15) is 23.1 Å². The van der Waals surface area contributed by atoms with Crippen molar-refractivity contribution in [3.63, 3.8) is 0 Å². The molecular weight excluding hydrogens is 497 g/mol. The molecule has 7 nitrogen and oxygen atoms in total. The Morgan fingerprint density at radius 3 is 2.62 bits per heavy atom. The summed E-state index contributed by atoms with van der Waals surface area (Å²) in [7, 11) is 1.63. The zero-order valence-electron chi connectivity index (χ0n) is 22.0. The molecule has 6 rings (SSSR count). The number of nitrogens with zero attached hydrogens (tertiary/aromatic N) is 3. The van der Waals surface area contributed by atoms with Crippen LogP contribution in [-0.4, -0.2) is 53.6 Å². The highest BCUT2D eigenvalue weighted by atomic mass is 19.1. The van der Waals surface area contributed by atoms with Crippen molar-refractivity contribution < 1.29 is 23.8 Å². The van der Waals surface area contributed by atoms with Crippen molar-refractivity contribution in [2.45, 2.75) is 20.0 Å². The molecule has 0 amide bonds. The second kappa shape index (κ2) is 10.1. The molecule has 1 saturated heterocycles. The number of phenolic OH excluding ortho intramolecular Hbond substituents is 1. The fraction of sp³-hybridized carbons (Fsp3) is 0.258. The van der Waals surface area contributed by atoms with Crippen LogP contribution in [0.4, 0.5) is 10.1 Å². The lowest BCUT2D eigenvalue weighted by molar-refractivity contribution is 0.101. The lowest BCUT2D eigenvalue weighted by Gasteiger charge is -2.36. The van der Waals surface area contributed by atoms with E-state index in [0.29, 0.717) is 55.3 Å². The third-order valence-corrected chi connectivity index (χ3v) is 7.61. The van der Waals surface area contributed by atoms with Gasteiger partial charge in [0.2, 0.25) is 5.78 Å². The van der Waals surface area contributed by atoms with E-state index in [1.807, 2.05) is 35.4 Å². The Bertz CT molecular complexity index is 1600. The molecule has 0 unspecified atom stereocenters. The Morgan fingerprint density at radius 2 is 1.87 bits per heavy atom. The maximum absolute atomic E-state index is 14.2. The van der Waals surface area contributed by atoms with E-state index in [9.17, 15) is 14.3 Å². The Morgan fingerprint density at radius 1 is 1.08 bits per heavy atom. The number of hydrogen-bond donors (Lipinski definition) is 1. The lowest BCUT2D eigenvalue weighted by Crippen LogP contribution is -2.46. The molecule has 2 aliphatic rings. The van der Waals surface area contributed by atoms with Gasteiger partial charge in [-0.05, 0) is 55.5 Å². The summed E-state index contributed by atoms with van der Waals surface area (Å²) in [5, 5.41) is 11.7. The molecule has 1 fully saturated rings. The van der Waals surface area contributed by atoms with Gasteiger partial charge >= 0.3 is 0 Å². The van der Waals surface area contributed by atoms with E-state index >= 15 is 0 Å². The fourth-order valence-electron chi connectivity index (χ4n) is 5.48. The van der Waals surface area contributed by atoms with Gasteiger partial charge in [0.15, 0.2) is 5.76 Å². The van der Waals surface area contributed by atoms with Crippen molar-refractivity contribution in [3.8, 4) is 17.2 Å². The number of allylic oxidation sites excluding steroid dienone is 1. The third-order valence-electron chi connectivity index (χ3n) is 7.61. The number of halogens is 1. The zero-order chi connectivity index (χ0) is 27.1. The first kappa shape index (κ1) is 25.0. The predicted molar refractivity (Wildman–Crippen MR) is 149 cm³/mol. The average Bonchev–Trinajstić information content (AvgIpc) is 3.47. The molecule has 0 atom stereocenters. The summed E-state index contributed by atoms with van der Waals surface area (Å²) in [5.74, 6) is 1.01. The topological polar surface area (TPSA) is 67.2 Å². The number of ether oxygens (including phenoxy) is 2. The number of aromatic nitrogens is 1. The van der Waals surface area contributed by atoms with E-state index in [2.05, 4.69) is 16.4 Å². The molecule has 39 heavy (non-hydrogen) atoms. The number of anilines is 1. The second-order valence-electron chi connectivity index (χ2n) is 9.85. The maximum atomic E-state index is 14.2. The number of methoxy groups -OCH3 is 1. The minimum Gasteiger partial charge on any atom is -0.507 e. The summed E-state index contributed by atoms with van der Waals surface area (Å²) in [4.78, 5) is 17.6. The monoisotopic (exact) mass is 527 g/mol. The summed E-state index contributed by atoms with van der Waals surface area (Å²) in [5.41, 5.74) is 3.53. The number of ketones is 1. The number of carbonyl (C=O) groups excluding carboxylic acids is 1. The number of aryl methyl sites for hydroxylation is 1. The number of para-hydroxylation sites is 1. The third kappa shape index (κ3) is 4.51. The van der Waals surface area contributed by atoms with Crippen LogP contribution in [0.25, 0.3) is 17.0 Å². The van der Waals surface area contributed by atoms with E-state index in [-0.39, 0.29) is 23.1 Å². The predicted octanol–water partition coefficient (Wildman–Crippen LogP) is 5.45. The molecule has 1 aromatic heterocycles. The van der Waals surface area contributed by atoms with Crippen LogP contribution in [0.2, 0.25) is 0 Å². The van der Waals surface area contributed by atoms with Gasteiger partial charge in [-0.15, -0.1) is 0 Å². The first-order valence-corrected chi connectivity index (χ1v) is 13.1. The molecule has 200 valence electrons. The first-order valence-electron chi connectivity index (χ1n) is 13.1. The Hall–Kier alpha value is -4.30. The largest absolute Gasteiger partial charge is 0.507 e. The number of phenols is 1. The van der Waals surface area contributed by atoms with Gasteiger partial charge in [-0.2, -0.15) is 0 Å². The molecule has 1 N–H and O–H groups in total. The minimum absolute atomic E-state index is 0.0895. The SMILES string of the molecule is CCn1cc(/C=C2/Oc3c(ccc(O)c3CN3CCN(c4ccccc4F)CC3)C2=O)c2cc(OC)ccc21. The maximum Gasteiger partial charge on any atom is 0.231 e. The number of benzene rings is 3. The van der Waals surface area contributed by atoms with Crippen LogP contribution >= 0.6 is 0 Å². The van der Waals surface area contributed by atoms with E-state index in [4.69, 9.17) is 9.47 Å². The van der Waals surface area contributed by atoms with Gasteiger partial charge in [-0.1, -0.05) is 12.1 Å². The van der Waals surface area contributed by atoms with Gasteiger partial charge < -0.3 is 24.0 Å². The summed E-state index contributed by atoms with van der Waals surface area (Å²) in [6, 6.07) is 15.9. The zero-order valence-corrected chi connectivity index (χ0v) is 22.0. The molecule has 0 aliphatic carbocycles. The molecule has 3 heterocycles. The number of piperazine rings is 1. The molecule has 3 aromatic carbocycles. The summed E-state index contributed by atoms with van der Waals surface area (Å²) < 4.78 is 27.9. The number of aromatic hydroxyl groups is 1. The van der Waals surface area contributed by atoms with Crippen molar-refractivity contribution in [1.29, 1.82) is 0 Å². The first-order chi connectivity index (χ1) is 19.0. The van der Waals surface area contributed by atoms with Crippen LogP contribution in [0, 0.1) is 5.82 Å². The molecule has 0 saturated carbocycles. The van der Waals surface area contributed by atoms with E-state index in [1.54, 1.807) is 37.5 Å². The van der Waals surface area contributed by atoms with Crippen molar-refractivity contribution in [1.82, 2.24) is 9.47 Å². The van der Waals surface area contributed by atoms with Crippen LogP contribution in [0.1, 0.15) is 28.4 Å². The fourth-order valence-corrected chi connectivity index (χ4v) is 5.48. The van der Waals surface area contributed by atoms with Crippen molar-refractivity contribution >= 4 is 28.4 Å². The molecule has 0 bridgehead atoms. The van der Waals surface area contributed by atoms with Crippen LogP contribution in [-0.2, 0) is 13.1 Å². The number of Topliss-reactive ketones (excluding diaryl/α,β-unsaturated/α-hetero) is 1. The highest BCUT2D eigenvalue weighted by Gasteiger charge is 2.32. The van der Waals surface area contributed by atoms with Gasteiger partial charge in [0.25, 0.3) is 0 Å². The van der Waals surface area contributed by atoms with Gasteiger partial charge in [0.05, 0.1) is 23.9 Å².